The molecule has 0 spiro atoms. The summed E-state index contributed by atoms with van der Waals surface area (Å²) in [5, 5.41) is 6.60. The predicted octanol–water partition coefficient (Wildman–Crippen LogP) is 2.25. The highest BCUT2D eigenvalue weighted by Gasteiger charge is 2.08. The van der Waals surface area contributed by atoms with Gasteiger partial charge in [0.1, 0.15) is 5.84 Å². The Morgan fingerprint density at radius 3 is 2.69 bits per heavy atom. The van der Waals surface area contributed by atoms with Crippen LogP contribution in [0.4, 0.5) is 0 Å². The minimum Gasteiger partial charge on any atom is -0.386 e. The predicted molar refractivity (Wildman–Crippen MR) is 125 cm³/mol. The molecule has 1 rings (SSSR count). The lowest BCUT2D eigenvalue weighted by Gasteiger charge is -2.22. The molecule has 29 heavy (non-hydrogen) atoms. The van der Waals surface area contributed by atoms with Crippen LogP contribution >= 0.6 is 0 Å². The molecule has 1 aromatic heterocycles. The topological polar surface area (TPSA) is 90.0 Å². The molecule has 4 N–H and O–H groups in total. The highest BCUT2D eigenvalue weighted by molar-refractivity contribution is 5.82. The lowest BCUT2D eigenvalue weighted by molar-refractivity contribution is 0.546. The number of hydrogen-bond donors (Lipinski definition) is 3. The van der Waals surface area contributed by atoms with Gasteiger partial charge in [0.05, 0.1) is 24.5 Å². The molecule has 0 radical (unpaired) electrons. The highest BCUT2D eigenvalue weighted by atomic mass is 15.3. The second-order valence-electron chi connectivity index (χ2n) is 6.83. The first-order valence-electron chi connectivity index (χ1n) is 9.70. The van der Waals surface area contributed by atoms with Crippen molar-refractivity contribution in [1.82, 2.24) is 24.9 Å². The fourth-order valence-electron chi connectivity index (χ4n) is 2.52. The van der Waals surface area contributed by atoms with Crippen LogP contribution in [0.25, 0.3) is 5.70 Å². The minimum atomic E-state index is 0.541. The molecule has 1 heterocycles. The van der Waals surface area contributed by atoms with Gasteiger partial charge >= 0.3 is 0 Å². The zero-order valence-corrected chi connectivity index (χ0v) is 18.4. The first-order valence-corrected chi connectivity index (χ1v) is 9.70. The first-order chi connectivity index (χ1) is 13.9. The number of nitrogens with zero attached hydrogens (tertiary/aromatic N) is 5. The molecule has 0 bridgehead atoms. The molecule has 0 atom stereocenters. The Morgan fingerprint density at radius 2 is 2.07 bits per heavy atom. The van der Waals surface area contributed by atoms with Crippen LogP contribution in [-0.4, -0.2) is 72.4 Å². The molecule has 0 unspecified atom stereocenters. The molecule has 0 aromatic carbocycles. The summed E-state index contributed by atoms with van der Waals surface area (Å²) in [5.41, 5.74) is 9.40. The summed E-state index contributed by atoms with van der Waals surface area (Å²) in [7, 11) is 6.00. The fraction of sp³-hybridized carbons (Fsp3) is 0.429. The Kier molecular flexibility index (Phi) is 11.0. The average Bonchev–Trinajstić information content (AvgIpc) is 2.62. The molecule has 8 heteroatoms. The Bertz CT molecular complexity index is 746. The summed E-state index contributed by atoms with van der Waals surface area (Å²) in [5.74, 6) is 0.588. The van der Waals surface area contributed by atoms with Crippen molar-refractivity contribution in [1.29, 1.82) is 0 Å². The van der Waals surface area contributed by atoms with E-state index in [-0.39, 0.29) is 0 Å². The Morgan fingerprint density at radius 1 is 1.34 bits per heavy atom. The Balaban J connectivity index is 2.44. The zero-order valence-electron chi connectivity index (χ0n) is 18.4. The van der Waals surface area contributed by atoms with Gasteiger partial charge in [-0.25, -0.2) is 0 Å². The van der Waals surface area contributed by atoms with Crippen LogP contribution in [0.15, 0.2) is 59.1 Å². The summed E-state index contributed by atoms with van der Waals surface area (Å²) in [6.45, 7) is 10.5. The van der Waals surface area contributed by atoms with Gasteiger partial charge in [0.15, 0.2) is 0 Å². The van der Waals surface area contributed by atoms with Crippen LogP contribution in [-0.2, 0) is 6.54 Å². The van der Waals surface area contributed by atoms with Gasteiger partial charge in [-0.05, 0) is 25.5 Å². The summed E-state index contributed by atoms with van der Waals surface area (Å²) in [6, 6.07) is 0. The molecule has 0 saturated heterocycles. The van der Waals surface area contributed by atoms with E-state index in [1.807, 2.05) is 43.1 Å². The summed E-state index contributed by atoms with van der Waals surface area (Å²) >= 11 is 0. The third-order valence-corrected chi connectivity index (χ3v) is 3.94. The molecule has 8 nitrogen and oxygen atoms in total. The van der Waals surface area contributed by atoms with Gasteiger partial charge in [-0.1, -0.05) is 12.7 Å². The largest absolute Gasteiger partial charge is 0.386 e. The highest BCUT2D eigenvalue weighted by Crippen LogP contribution is 2.15. The number of aromatic nitrogens is 2. The maximum Gasteiger partial charge on any atom is 0.108 e. The van der Waals surface area contributed by atoms with Crippen LogP contribution in [0.5, 0.6) is 0 Å². The van der Waals surface area contributed by atoms with Gasteiger partial charge in [0.25, 0.3) is 0 Å². The second-order valence-corrected chi connectivity index (χ2v) is 6.83. The van der Waals surface area contributed by atoms with E-state index in [1.54, 1.807) is 18.5 Å². The van der Waals surface area contributed by atoms with Crippen LogP contribution in [0.2, 0.25) is 0 Å². The van der Waals surface area contributed by atoms with E-state index in [0.29, 0.717) is 18.9 Å². The number of nitrogens with one attached hydrogen (secondary N) is 2. The maximum absolute atomic E-state index is 6.03. The Labute approximate surface area is 174 Å². The number of aryl methyl sites for hydroxylation is 1. The lowest BCUT2D eigenvalue weighted by Crippen LogP contribution is -2.30. The SMILES string of the molecule is C=CC=N/C=C\N(C)/C=C(\C)CNCC(N)=NC/C=C(/c1cn(CC)[nH]1)N(C)C. The van der Waals surface area contributed by atoms with Crippen LogP contribution in [0, 0.1) is 0 Å². The number of hydrogen-bond acceptors (Lipinski definition) is 5. The van der Waals surface area contributed by atoms with Crippen molar-refractivity contribution in [2.45, 2.75) is 20.4 Å². The molecule has 160 valence electrons. The molecule has 0 saturated carbocycles. The smallest absolute Gasteiger partial charge is 0.108 e. The number of nitrogens with two attached hydrogens (primary N) is 1. The van der Waals surface area contributed by atoms with E-state index in [9.17, 15) is 0 Å². The summed E-state index contributed by atoms with van der Waals surface area (Å²) in [4.78, 5) is 12.5. The van der Waals surface area contributed by atoms with Crippen LogP contribution in [0.1, 0.15) is 19.5 Å². The van der Waals surface area contributed by atoms with Crippen molar-refractivity contribution in [2.75, 3.05) is 40.8 Å². The lowest BCUT2D eigenvalue weighted by atomic mass is 10.2. The second kappa shape index (κ2) is 13.2. The van der Waals surface area contributed by atoms with Crippen molar-refractivity contribution >= 4 is 17.7 Å². The molecule has 0 aliphatic heterocycles. The molecular weight excluding hydrogens is 364 g/mol. The molecule has 1 aromatic rings. The molecular formula is C21H36N8. The number of H-pyrrole nitrogens is 1. The molecule has 0 amide bonds. The van der Waals surface area contributed by atoms with Crippen molar-refractivity contribution in [3.05, 3.63) is 54.8 Å². The van der Waals surface area contributed by atoms with Gasteiger partial charge in [0, 0.05) is 65.2 Å². The van der Waals surface area contributed by atoms with Gasteiger partial charge < -0.3 is 20.9 Å². The van der Waals surface area contributed by atoms with Gasteiger partial charge in [-0.15, -0.1) is 0 Å². The molecule has 0 aliphatic rings. The number of aliphatic imine (C=N–C) groups is 2. The van der Waals surface area contributed by atoms with Crippen molar-refractivity contribution in [2.24, 2.45) is 15.7 Å². The number of allylic oxidation sites excluding steroid dienone is 1. The van der Waals surface area contributed by atoms with E-state index in [4.69, 9.17) is 5.73 Å². The third kappa shape index (κ3) is 9.66. The number of amidine groups is 1. The average molecular weight is 401 g/mol. The zero-order chi connectivity index (χ0) is 21.6. The van der Waals surface area contributed by atoms with Gasteiger partial charge in [0.2, 0.25) is 0 Å². The first kappa shape index (κ1) is 24.0. The Hall–Kier alpha value is -3.00. The standard InChI is InChI=1S/C21H36N8/c1-7-10-23-12-13-28(6)16-18(3)14-24-15-21(22)25-11-9-20(27(4)5)19-17-29(8-2)26-19/h7,9-10,12-13,16-17,24,26H,1,8,11,14-15H2,2-6H3,(H2,22,25)/b13-12-,18-16+,20-9-,23-10?. The monoisotopic (exact) mass is 400 g/mol. The normalized spacial score (nSPS) is 13.6. The van der Waals surface area contributed by atoms with E-state index < -0.39 is 0 Å². The quantitative estimate of drug-likeness (QED) is 0.350. The summed E-state index contributed by atoms with van der Waals surface area (Å²) in [6.07, 6.45) is 13.1. The van der Waals surface area contributed by atoms with Gasteiger partial charge in [-0.2, -0.15) is 0 Å². The van der Waals surface area contributed by atoms with Crippen molar-refractivity contribution in [3.8, 4) is 0 Å². The fourth-order valence-corrected chi connectivity index (χ4v) is 2.52. The van der Waals surface area contributed by atoms with Gasteiger partial charge in [-0.3, -0.25) is 19.8 Å². The van der Waals surface area contributed by atoms with Crippen LogP contribution in [0.3, 0.4) is 0 Å². The minimum absolute atomic E-state index is 0.541. The summed E-state index contributed by atoms with van der Waals surface area (Å²) < 4.78 is 2.03. The molecule has 0 aliphatic carbocycles. The van der Waals surface area contributed by atoms with Crippen LogP contribution < -0.4 is 11.1 Å². The van der Waals surface area contributed by atoms with E-state index in [0.717, 1.165) is 24.5 Å². The maximum atomic E-state index is 6.03. The van der Waals surface area contributed by atoms with E-state index in [1.165, 1.54) is 5.57 Å². The van der Waals surface area contributed by atoms with Crippen molar-refractivity contribution in [3.63, 3.8) is 0 Å². The molecule has 0 fully saturated rings. The number of rotatable bonds is 13. The third-order valence-electron chi connectivity index (χ3n) is 3.94. The van der Waals surface area contributed by atoms with E-state index >= 15 is 0 Å². The van der Waals surface area contributed by atoms with Crippen molar-refractivity contribution < 1.29 is 0 Å². The number of aromatic amines is 1. The van der Waals surface area contributed by atoms with E-state index in [2.05, 4.69) is 58.0 Å².